The lowest BCUT2D eigenvalue weighted by atomic mass is 10.00. The first-order valence-electron chi connectivity index (χ1n) is 17.4. The fourth-order valence-electron chi connectivity index (χ4n) is 5.65. The summed E-state index contributed by atoms with van der Waals surface area (Å²) in [5, 5.41) is 20.2. The number of aromatic nitrogens is 3. The highest BCUT2D eigenvalue weighted by molar-refractivity contribution is 7.90. The lowest BCUT2D eigenvalue weighted by molar-refractivity contribution is -0.142. The number of sulfone groups is 1. The third kappa shape index (κ3) is 9.99. The number of carbonyl (C=O) groups excluding carboxylic acids is 2. The highest BCUT2D eigenvalue weighted by atomic mass is 35.5. The molecule has 298 valence electrons. The molecular formula is C39H44ClFN6O8S. The van der Waals surface area contributed by atoms with Crippen molar-refractivity contribution >= 4 is 63.2 Å². The second-order valence-corrected chi connectivity index (χ2v) is 15.7. The van der Waals surface area contributed by atoms with E-state index in [4.69, 9.17) is 9.47 Å². The molecule has 0 unspecified atom stereocenters. The Labute approximate surface area is 330 Å². The van der Waals surface area contributed by atoms with E-state index in [-0.39, 0.29) is 58.2 Å². The first kappa shape index (κ1) is 43.2. The fraction of sp³-hybridized carbons (Fsp3) is 0.308. The average Bonchev–Trinajstić information content (AvgIpc) is 3.55. The number of anilines is 3. The molecule has 14 nitrogen and oxygen atoms in total. The van der Waals surface area contributed by atoms with Crippen LogP contribution in [0.2, 0.25) is 0 Å². The number of carbonyl (C=O) groups is 3. The van der Waals surface area contributed by atoms with Gasteiger partial charge in [-0.1, -0.05) is 52.0 Å². The molecule has 2 amide bonds. The van der Waals surface area contributed by atoms with Gasteiger partial charge in [0.2, 0.25) is 5.91 Å². The van der Waals surface area contributed by atoms with E-state index in [1.54, 1.807) is 77.2 Å². The summed E-state index contributed by atoms with van der Waals surface area (Å²) >= 11 is 0. The number of carboxylic acid groups (broad SMARTS) is 1. The van der Waals surface area contributed by atoms with Gasteiger partial charge in [-0.3, -0.25) is 14.9 Å². The minimum absolute atomic E-state index is 0. The summed E-state index contributed by atoms with van der Waals surface area (Å²) in [6, 6.07) is 19.3. The predicted octanol–water partition coefficient (Wildman–Crippen LogP) is 7.07. The van der Waals surface area contributed by atoms with Crippen LogP contribution in [0, 0.1) is 17.7 Å². The average molecular weight is 811 g/mol. The Balaban J connectivity index is 0.00000696. The van der Waals surface area contributed by atoms with Gasteiger partial charge in [0.1, 0.15) is 17.6 Å². The van der Waals surface area contributed by atoms with E-state index in [0.29, 0.717) is 16.9 Å². The first-order chi connectivity index (χ1) is 26.0. The maximum absolute atomic E-state index is 14.1. The molecule has 0 bridgehead atoms. The molecule has 3 N–H and O–H groups in total. The quantitative estimate of drug-likeness (QED) is 0.0977. The number of halogens is 2. The van der Waals surface area contributed by atoms with Crippen LogP contribution < -0.4 is 20.3 Å². The normalized spacial score (nSPS) is 13.1. The maximum Gasteiger partial charge on any atom is 0.423 e. The fourth-order valence-corrected chi connectivity index (χ4v) is 6.28. The number of nitrogens with one attached hydrogen (secondary N) is 2. The van der Waals surface area contributed by atoms with Crippen LogP contribution in [0.3, 0.4) is 0 Å². The van der Waals surface area contributed by atoms with Gasteiger partial charge in [-0.25, -0.2) is 27.0 Å². The number of rotatable bonds is 14. The second kappa shape index (κ2) is 17.9. The Morgan fingerprint density at radius 2 is 1.54 bits per heavy atom. The Morgan fingerprint density at radius 1 is 0.893 bits per heavy atom. The number of ether oxygens (including phenoxy) is 2. The monoisotopic (exact) mass is 810 g/mol. The number of hydrogen-bond acceptors (Lipinski definition) is 10. The molecule has 5 aromatic rings. The van der Waals surface area contributed by atoms with Crippen LogP contribution in [0.4, 0.5) is 26.5 Å². The maximum atomic E-state index is 14.1. The molecule has 56 heavy (non-hydrogen) atoms. The summed E-state index contributed by atoms with van der Waals surface area (Å²) in [6.45, 7) is 8.71. The van der Waals surface area contributed by atoms with Gasteiger partial charge in [0.15, 0.2) is 21.7 Å². The Hall–Kier alpha value is -5.58. The van der Waals surface area contributed by atoms with E-state index in [0.717, 1.165) is 22.3 Å². The molecule has 0 saturated carbocycles. The molecule has 2 aromatic heterocycles. The molecule has 0 aliphatic carbocycles. The lowest BCUT2D eigenvalue weighted by Crippen LogP contribution is -2.51. The zero-order chi connectivity index (χ0) is 40.2. The molecular weight excluding hydrogens is 767 g/mol. The number of methoxy groups -OCH3 is 1. The van der Waals surface area contributed by atoms with Crippen LogP contribution in [0.5, 0.6) is 5.75 Å². The van der Waals surface area contributed by atoms with Gasteiger partial charge < -0.3 is 19.9 Å². The third-order valence-electron chi connectivity index (χ3n) is 8.88. The summed E-state index contributed by atoms with van der Waals surface area (Å²) < 4.78 is 51.0. The zero-order valence-corrected chi connectivity index (χ0v) is 33.4. The standard InChI is InChI=1S/C39H43FN6O8S.ClH/c1-22(2)34(37(48)49)43-36(23(3)4)54-39(50)46(31-18-17-30(55(7,51)52)20-32(31)53-6)38-42-33-19-12-27(21-45(33)44-38)26-10-15-29(16-11-26)41-35(47)24(5)25-8-13-28(40)14-9-25;/h8-24,34,36,43H,1-7H3,(H,41,47)(H,48,49);1H/t24-,34+,36-;/m1./s1. The van der Waals surface area contributed by atoms with Gasteiger partial charge in [-0.2, -0.15) is 4.98 Å². The van der Waals surface area contributed by atoms with Crippen molar-refractivity contribution in [3.8, 4) is 16.9 Å². The van der Waals surface area contributed by atoms with Gasteiger partial charge in [0.05, 0.1) is 23.6 Å². The number of nitrogens with zero attached hydrogens (tertiary/aromatic N) is 4. The highest BCUT2D eigenvalue weighted by Gasteiger charge is 2.33. The highest BCUT2D eigenvalue weighted by Crippen LogP contribution is 2.36. The van der Waals surface area contributed by atoms with E-state index < -0.39 is 40.1 Å². The molecule has 2 heterocycles. The van der Waals surface area contributed by atoms with Gasteiger partial charge in [0.25, 0.3) is 5.95 Å². The lowest BCUT2D eigenvalue weighted by Gasteiger charge is -2.30. The van der Waals surface area contributed by atoms with Crippen molar-refractivity contribution in [3.63, 3.8) is 0 Å². The summed E-state index contributed by atoms with van der Waals surface area (Å²) in [6.07, 6.45) is 0.707. The Kier molecular flexibility index (Phi) is 13.8. The van der Waals surface area contributed by atoms with Crippen molar-refractivity contribution in [3.05, 3.63) is 96.4 Å². The van der Waals surface area contributed by atoms with Crippen molar-refractivity contribution in [2.24, 2.45) is 11.8 Å². The van der Waals surface area contributed by atoms with Crippen molar-refractivity contribution in [1.29, 1.82) is 0 Å². The molecule has 17 heteroatoms. The number of pyridine rings is 1. The van der Waals surface area contributed by atoms with E-state index in [1.807, 2.05) is 12.1 Å². The molecule has 0 spiro atoms. The van der Waals surface area contributed by atoms with Crippen LogP contribution in [0.25, 0.3) is 16.8 Å². The Morgan fingerprint density at radius 3 is 2.11 bits per heavy atom. The SMILES string of the molecule is COc1cc(S(C)(=O)=O)ccc1N(C(=O)O[C@@H](N[C@H](C(=O)O)C(C)C)C(C)C)c1nc2ccc(-c3ccc(NC(=O)[C@H](C)c4ccc(F)cc4)cc3)cn2n1.Cl. The first-order valence-corrected chi connectivity index (χ1v) is 19.3. The molecule has 0 aliphatic rings. The Bertz CT molecular complexity index is 2300. The van der Waals surface area contributed by atoms with E-state index >= 15 is 0 Å². The number of aliphatic carboxylic acids is 1. The smallest absolute Gasteiger partial charge is 0.423 e. The molecule has 0 aliphatic heterocycles. The molecule has 3 atom stereocenters. The molecule has 3 aromatic carbocycles. The van der Waals surface area contributed by atoms with E-state index in [2.05, 4.69) is 20.7 Å². The number of hydrogen-bond donors (Lipinski definition) is 3. The van der Waals surface area contributed by atoms with Crippen LogP contribution >= 0.6 is 12.4 Å². The van der Waals surface area contributed by atoms with Gasteiger partial charge in [-0.15, -0.1) is 17.5 Å². The summed E-state index contributed by atoms with van der Waals surface area (Å²) in [7, 11) is -2.33. The van der Waals surface area contributed by atoms with Crippen molar-refractivity contribution in [2.45, 2.75) is 57.7 Å². The minimum Gasteiger partial charge on any atom is -0.495 e. The topological polar surface area (TPSA) is 182 Å². The van der Waals surface area contributed by atoms with Gasteiger partial charge >= 0.3 is 12.1 Å². The largest absolute Gasteiger partial charge is 0.495 e. The van der Waals surface area contributed by atoms with Crippen molar-refractivity contribution in [1.82, 2.24) is 19.9 Å². The second-order valence-electron chi connectivity index (χ2n) is 13.7. The van der Waals surface area contributed by atoms with Crippen LogP contribution in [0.1, 0.15) is 46.1 Å². The van der Waals surface area contributed by atoms with Gasteiger partial charge in [0, 0.05) is 35.7 Å². The number of amides is 2. The minimum atomic E-state index is -3.65. The molecule has 0 radical (unpaired) electrons. The van der Waals surface area contributed by atoms with Gasteiger partial charge in [-0.05, 0) is 72.5 Å². The van der Waals surface area contributed by atoms with E-state index in [9.17, 15) is 32.3 Å². The molecule has 5 rings (SSSR count). The van der Waals surface area contributed by atoms with E-state index in [1.165, 1.54) is 42.0 Å². The number of benzene rings is 3. The molecule has 0 saturated heterocycles. The van der Waals surface area contributed by atoms with Crippen LogP contribution in [-0.4, -0.2) is 71.7 Å². The zero-order valence-electron chi connectivity index (χ0n) is 31.8. The molecule has 0 fully saturated rings. The van der Waals surface area contributed by atoms with Crippen molar-refractivity contribution < 1.29 is 41.8 Å². The summed E-state index contributed by atoms with van der Waals surface area (Å²) in [5.41, 5.74) is 3.18. The third-order valence-corrected chi connectivity index (χ3v) is 9.99. The van der Waals surface area contributed by atoms with Crippen molar-refractivity contribution in [2.75, 3.05) is 23.6 Å². The predicted molar refractivity (Wildman–Crippen MR) is 212 cm³/mol. The summed E-state index contributed by atoms with van der Waals surface area (Å²) in [4.78, 5) is 44.6. The number of fused-ring (bicyclic) bond motifs is 1. The van der Waals surface area contributed by atoms with Crippen LogP contribution in [0.15, 0.2) is 90.0 Å². The number of carboxylic acids is 1. The van der Waals surface area contributed by atoms with Crippen LogP contribution in [-0.2, 0) is 24.2 Å². The summed E-state index contributed by atoms with van der Waals surface area (Å²) in [5.74, 6) is -3.07.